The van der Waals surface area contributed by atoms with Crippen molar-refractivity contribution in [3.05, 3.63) is 12.4 Å². The van der Waals surface area contributed by atoms with Crippen molar-refractivity contribution < 1.29 is 13.2 Å². The van der Waals surface area contributed by atoms with Gasteiger partial charge in [-0.3, -0.25) is 4.79 Å². The summed E-state index contributed by atoms with van der Waals surface area (Å²) in [6.45, 7) is 2.00. The van der Waals surface area contributed by atoms with E-state index in [-0.39, 0.29) is 11.2 Å². The van der Waals surface area contributed by atoms with E-state index in [1.807, 2.05) is 6.92 Å². The van der Waals surface area contributed by atoms with Crippen LogP contribution in [0.25, 0.3) is 0 Å². The third-order valence-electron chi connectivity index (χ3n) is 5.20. The Morgan fingerprint density at radius 1 is 1.45 bits per heavy atom. The van der Waals surface area contributed by atoms with Crippen LogP contribution >= 0.6 is 0 Å². The number of aryl methyl sites for hydroxylation is 1. The number of nitrogens with one attached hydrogen (secondary N) is 1. The molecule has 1 N–H and O–H groups in total. The molecule has 22 heavy (non-hydrogen) atoms. The number of imidazole rings is 1. The Morgan fingerprint density at radius 3 is 2.77 bits per heavy atom. The molecule has 1 aromatic rings. The Morgan fingerprint density at radius 2 is 2.23 bits per heavy atom. The summed E-state index contributed by atoms with van der Waals surface area (Å²) >= 11 is 0. The number of carbonyl (C=O) groups excluding carboxylic acids is 1. The number of amides is 1. The smallest absolute Gasteiger partial charge is 0.235 e. The molecule has 1 amide bonds. The number of hydrogen-bond donors (Lipinski definition) is 1. The lowest BCUT2D eigenvalue weighted by Gasteiger charge is -2.28. The molecule has 1 aromatic heterocycles. The van der Waals surface area contributed by atoms with Crippen LogP contribution in [0.2, 0.25) is 0 Å². The van der Waals surface area contributed by atoms with Gasteiger partial charge in [0.2, 0.25) is 20.9 Å². The first kappa shape index (κ1) is 15.5. The maximum absolute atomic E-state index is 12.2. The number of carbonyl (C=O) groups is 1. The Labute approximate surface area is 131 Å². The second-order valence-corrected chi connectivity index (χ2v) is 8.66. The van der Waals surface area contributed by atoms with Crippen LogP contribution in [0.3, 0.4) is 0 Å². The largest absolute Gasteiger partial charge is 0.352 e. The fourth-order valence-electron chi connectivity index (χ4n) is 4.20. The zero-order valence-corrected chi connectivity index (χ0v) is 13.8. The van der Waals surface area contributed by atoms with Crippen molar-refractivity contribution in [2.45, 2.75) is 43.8 Å². The SMILES string of the molecule is C[C@@H](NC(=O)CS(=O)(=O)c1nccn1C)[C@H]1C[C@H]2CC[C@H]1C2. The molecular weight excluding hydrogens is 302 g/mol. The third kappa shape index (κ3) is 2.91. The van der Waals surface area contributed by atoms with Crippen LogP contribution in [0.1, 0.15) is 32.6 Å². The van der Waals surface area contributed by atoms with Gasteiger partial charge in [-0.25, -0.2) is 13.4 Å². The standard InChI is InChI=1S/C15H23N3O3S/c1-10(13-8-11-3-4-12(13)7-11)17-14(19)9-22(20,21)15-16-5-6-18(15)2/h5-6,10-13H,3-4,7-9H2,1-2H3,(H,17,19)/t10-,11+,12+,13-/m1/s1. The summed E-state index contributed by atoms with van der Waals surface area (Å²) in [6, 6.07) is 0.0411. The van der Waals surface area contributed by atoms with E-state index >= 15 is 0 Å². The average molecular weight is 325 g/mol. The van der Waals surface area contributed by atoms with E-state index < -0.39 is 21.5 Å². The van der Waals surface area contributed by atoms with Gasteiger partial charge in [0.1, 0.15) is 5.75 Å². The summed E-state index contributed by atoms with van der Waals surface area (Å²) in [5.74, 6) is 1.04. The summed E-state index contributed by atoms with van der Waals surface area (Å²) in [4.78, 5) is 15.9. The van der Waals surface area contributed by atoms with E-state index in [9.17, 15) is 13.2 Å². The van der Waals surface area contributed by atoms with Crippen LogP contribution in [0.5, 0.6) is 0 Å². The van der Waals surface area contributed by atoms with Gasteiger partial charge in [-0.2, -0.15) is 0 Å². The van der Waals surface area contributed by atoms with Crippen LogP contribution < -0.4 is 5.32 Å². The maximum Gasteiger partial charge on any atom is 0.235 e. The highest BCUT2D eigenvalue weighted by atomic mass is 32.2. The molecule has 0 radical (unpaired) electrons. The number of nitrogens with zero attached hydrogens (tertiary/aromatic N) is 2. The molecular formula is C15H23N3O3S. The Balaban J connectivity index is 1.59. The van der Waals surface area contributed by atoms with E-state index in [1.54, 1.807) is 13.2 Å². The summed E-state index contributed by atoms with van der Waals surface area (Å²) < 4.78 is 25.8. The van der Waals surface area contributed by atoms with E-state index in [1.165, 1.54) is 30.0 Å². The van der Waals surface area contributed by atoms with E-state index in [4.69, 9.17) is 0 Å². The van der Waals surface area contributed by atoms with Gasteiger partial charge in [0.15, 0.2) is 0 Å². The predicted molar refractivity (Wildman–Crippen MR) is 81.8 cm³/mol. The van der Waals surface area contributed by atoms with Gasteiger partial charge in [0.05, 0.1) is 0 Å². The van der Waals surface area contributed by atoms with Crippen molar-refractivity contribution in [2.24, 2.45) is 24.8 Å². The zero-order valence-electron chi connectivity index (χ0n) is 13.0. The number of rotatable bonds is 5. The normalized spacial score (nSPS) is 28.7. The van der Waals surface area contributed by atoms with Gasteiger partial charge >= 0.3 is 0 Å². The first-order valence-electron chi connectivity index (χ1n) is 7.86. The molecule has 6 nitrogen and oxygen atoms in total. The van der Waals surface area contributed by atoms with Crippen molar-refractivity contribution >= 4 is 15.7 Å². The average Bonchev–Trinajstić information content (AvgIpc) is 3.12. The lowest BCUT2D eigenvalue weighted by atomic mass is 9.84. The zero-order chi connectivity index (χ0) is 15.9. The quantitative estimate of drug-likeness (QED) is 0.880. The molecule has 7 heteroatoms. The first-order valence-corrected chi connectivity index (χ1v) is 9.51. The number of hydrogen-bond acceptors (Lipinski definition) is 4. The lowest BCUT2D eigenvalue weighted by Crippen LogP contribution is -2.42. The van der Waals surface area contributed by atoms with Gasteiger partial charge < -0.3 is 9.88 Å². The predicted octanol–water partition coefficient (Wildman–Crippen LogP) is 1.13. The molecule has 0 spiro atoms. The Kier molecular flexibility index (Phi) is 4.01. The van der Waals surface area contributed by atoms with Crippen molar-refractivity contribution in [3.63, 3.8) is 0 Å². The second kappa shape index (κ2) is 5.68. The van der Waals surface area contributed by atoms with Gasteiger partial charge in [0.25, 0.3) is 0 Å². The van der Waals surface area contributed by atoms with E-state index in [0.29, 0.717) is 11.8 Å². The Hall–Kier alpha value is -1.37. The van der Waals surface area contributed by atoms with E-state index in [2.05, 4.69) is 10.3 Å². The molecule has 2 aliphatic rings. The highest BCUT2D eigenvalue weighted by Gasteiger charge is 2.42. The molecule has 2 fully saturated rings. The minimum Gasteiger partial charge on any atom is -0.352 e. The van der Waals surface area contributed by atoms with Crippen molar-refractivity contribution in [1.82, 2.24) is 14.9 Å². The molecule has 2 aliphatic carbocycles. The number of fused-ring (bicyclic) bond motifs is 2. The number of sulfone groups is 1. The van der Waals surface area contributed by atoms with Crippen LogP contribution in [-0.4, -0.2) is 35.7 Å². The monoisotopic (exact) mass is 325 g/mol. The molecule has 0 aromatic carbocycles. The van der Waals surface area contributed by atoms with Gasteiger partial charge in [-0.15, -0.1) is 0 Å². The highest BCUT2D eigenvalue weighted by Crippen LogP contribution is 2.49. The minimum atomic E-state index is -3.69. The maximum atomic E-state index is 12.2. The first-order chi connectivity index (χ1) is 10.4. The fourth-order valence-corrected chi connectivity index (χ4v) is 5.48. The van der Waals surface area contributed by atoms with Gasteiger partial charge in [-0.1, -0.05) is 6.42 Å². The summed E-state index contributed by atoms with van der Waals surface area (Å²) in [7, 11) is -2.08. The molecule has 2 saturated carbocycles. The summed E-state index contributed by atoms with van der Waals surface area (Å²) in [5, 5.41) is 2.83. The van der Waals surface area contributed by atoms with Crippen molar-refractivity contribution in [2.75, 3.05) is 5.75 Å². The van der Waals surface area contributed by atoms with Gasteiger partial charge in [0, 0.05) is 25.5 Å². The summed E-state index contributed by atoms with van der Waals surface area (Å²) in [6.07, 6.45) is 7.98. The third-order valence-corrected chi connectivity index (χ3v) is 6.79. The number of aromatic nitrogens is 2. The summed E-state index contributed by atoms with van der Waals surface area (Å²) in [5.41, 5.74) is 0. The lowest BCUT2D eigenvalue weighted by molar-refractivity contribution is -0.119. The van der Waals surface area contributed by atoms with Crippen LogP contribution in [-0.2, 0) is 21.7 Å². The van der Waals surface area contributed by atoms with E-state index in [0.717, 1.165) is 12.3 Å². The Bertz CT molecular complexity index is 667. The van der Waals surface area contributed by atoms with Gasteiger partial charge in [-0.05, 0) is 43.9 Å². The highest BCUT2D eigenvalue weighted by molar-refractivity contribution is 7.91. The molecule has 1 heterocycles. The molecule has 2 bridgehead atoms. The molecule has 4 atom stereocenters. The fraction of sp³-hybridized carbons (Fsp3) is 0.733. The molecule has 0 aliphatic heterocycles. The molecule has 3 rings (SSSR count). The molecule has 122 valence electrons. The topological polar surface area (TPSA) is 81.1 Å². The minimum absolute atomic E-state index is 0.0411. The molecule has 0 saturated heterocycles. The second-order valence-electron chi connectivity index (χ2n) is 6.77. The van der Waals surface area contributed by atoms with Crippen LogP contribution in [0.4, 0.5) is 0 Å². The van der Waals surface area contributed by atoms with Crippen molar-refractivity contribution in [1.29, 1.82) is 0 Å². The van der Waals surface area contributed by atoms with Crippen molar-refractivity contribution in [3.8, 4) is 0 Å². The van der Waals surface area contributed by atoms with Crippen LogP contribution in [0.15, 0.2) is 17.6 Å². The van der Waals surface area contributed by atoms with Crippen LogP contribution in [0, 0.1) is 17.8 Å². The molecule has 0 unspecified atom stereocenters.